The minimum absolute atomic E-state index is 0.0208. The second-order valence-electron chi connectivity index (χ2n) is 5.31. The number of hydrogen-bond donors (Lipinski definition) is 1. The van der Waals surface area contributed by atoms with Crippen molar-refractivity contribution in [2.75, 3.05) is 19.8 Å². The molecule has 1 N–H and O–H groups in total. The largest absolute Gasteiger partial charge is 0.464 e. The molecule has 1 aliphatic heterocycles. The van der Waals surface area contributed by atoms with Crippen molar-refractivity contribution in [2.24, 2.45) is 13.0 Å². The maximum atomic E-state index is 12.4. The molecule has 6 nitrogen and oxygen atoms in total. The fraction of sp³-hybridized carbons (Fsp3) is 0.600. The van der Waals surface area contributed by atoms with Gasteiger partial charge in [0, 0.05) is 26.5 Å². The maximum absolute atomic E-state index is 12.4. The predicted octanol–water partition coefficient (Wildman–Crippen LogP) is 1.77. The molecular weight excluding hydrogens is 308 g/mol. The summed E-state index contributed by atoms with van der Waals surface area (Å²) >= 11 is 5.90. The Hall–Kier alpha value is -1.53. The zero-order chi connectivity index (χ0) is 16.1. The van der Waals surface area contributed by atoms with Gasteiger partial charge >= 0.3 is 5.97 Å². The average molecular weight is 329 g/mol. The van der Waals surface area contributed by atoms with Crippen LogP contribution in [0.4, 0.5) is 0 Å². The van der Waals surface area contributed by atoms with E-state index in [4.69, 9.17) is 21.1 Å². The van der Waals surface area contributed by atoms with E-state index in [1.54, 1.807) is 30.8 Å². The molecule has 2 rings (SSSR count). The van der Waals surface area contributed by atoms with Crippen LogP contribution in [0.15, 0.2) is 12.3 Å². The lowest BCUT2D eigenvalue weighted by Crippen LogP contribution is -2.48. The Labute approximate surface area is 134 Å². The number of amides is 1. The summed E-state index contributed by atoms with van der Waals surface area (Å²) < 4.78 is 12.0. The molecule has 1 aromatic rings. The smallest absolute Gasteiger partial charge is 0.328 e. The van der Waals surface area contributed by atoms with Crippen LogP contribution < -0.4 is 5.32 Å². The zero-order valence-electron chi connectivity index (χ0n) is 12.8. The fourth-order valence-corrected chi connectivity index (χ4v) is 2.87. The van der Waals surface area contributed by atoms with Crippen molar-refractivity contribution in [1.82, 2.24) is 9.88 Å². The highest BCUT2D eigenvalue weighted by Crippen LogP contribution is 2.21. The molecular formula is C15H21ClN2O4. The Morgan fingerprint density at radius 1 is 1.50 bits per heavy atom. The van der Waals surface area contributed by atoms with Gasteiger partial charge in [-0.1, -0.05) is 11.6 Å². The summed E-state index contributed by atoms with van der Waals surface area (Å²) in [6, 6.07) is 0.910. The van der Waals surface area contributed by atoms with E-state index in [-0.39, 0.29) is 18.4 Å². The van der Waals surface area contributed by atoms with Crippen LogP contribution in [-0.4, -0.2) is 42.3 Å². The molecule has 1 unspecified atom stereocenters. The summed E-state index contributed by atoms with van der Waals surface area (Å²) in [6.45, 7) is 3.21. The number of rotatable bonds is 5. The van der Waals surface area contributed by atoms with Crippen molar-refractivity contribution in [3.05, 3.63) is 23.0 Å². The van der Waals surface area contributed by atoms with Gasteiger partial charge in [0.25, 0.3) is 5.91 Å². The lowest BCUT2D eigenvalue weighted by Gasteiger charge is -2.29. The summed E-state index contributed by atoms with van der Waals surface area (Å²) in [5.74, 6) is -0.713. The number of nitrogens with zero attached hydrogens (tertiary/aromatic N) is 1. The number of carbonyl (C=O) groups is 2. The lowest BCUT2D eigenvalue weighted by molar-refractivity contribution is -0.147. The number of aryl methyl sites for hydroxylation is 1. The van der Waals surface area contributed by atoms with Gasteiger partial charge in [-0.25, -0.2) is 4.79 Å². The van der Waals surface area contributed by atoms with Gasteiger partial charge in [0.2, 0.25) is 0 Å². The van der Waals surface area contributed by atoms with Crippen molar-refractivity contribution in [1.29, 1.82) is 0 Å². The normalized spacial score (nSPS) is 17.0. The number of nitrogens with one attached hydrogen (secondary N) is 1. The van der Waals surface area contributed by atoms with Crippen LogP contribution in [-0.2, 0) is 21.3 Å². The Bertz CT molecular complexity index is 538. The van der Waals surface area contributed by atoms with Crippen molar-refractivity contribution in [2.45, 2.75) is 25.8 Å². The topological polar surface area (TPSA) is 69.6 Å². The molecule has 0 aliphatic carbocycles. The Morgan fingerprint density at radius 2 is 2.18 bits per heavy atom. The van der Waals surface area contributed by atoms with E-state index in [2.05, 4.69) is 5.32 Å². The molecule has 22 heavy (non-hydrogen) atoms. The summed E-state index contributed by atoms with van der Waals surface area (Å²) in [6.07, 6.45) is 3.08. The fourth-order valence-electron chi connectivity index (χ4n) is 2.62. The van der Waals surface area contributed by atoms with Crippen molar-refractivity contribution >= 4 is 23.5 Å². The van der Waals surface area contributed by atoms with E-state index in [0.29, 0.717) is 23.9 Å². The molecule has 0 radical (unpaired) electrons. The number of esters is 1. The first kappa shape index (κ1) is 16.8. The third kappa shape index (κ3) is 4.01. The summed E-state index contributed by atoms with van der Waals surface area (Å²) in [4.78, 5) is 24.6. The van der Waals surface area contributed by atoms with Gasteiger partial charge in [-0.05, 0) is 31.7 Å². The number of ether oxygens (including phenoxy) is 2. The van der Waals surface area contributed by atoms with E-state index in [9.17, 15) is 9.59 Å². The number of aromatic nitrogens is 1. The standard InChI is InChI=1S/C15H21ClN2O4/c1-3-22-15(20)13(10-4-6-21-7-5-10)17-14(19)12-8-11(16)9-18(12)2/h8-10,13H,3-7H2,1-2H3,(H,17,19). The van der Waals surface area contributed by atoms with Crippen molar-refractivity contribution < 1.29 is 19.1 Å². The Kier molecular flexibility index (Phi) is 5.85. The second kappa shape index (κ2) is 7.65. The van der Waals surface area contributed by atoms with Gasteiger partial charge in [-0.15, -0.1) is 0 Å². The number of hydrogen-bond acceptors (Lipinski definition) is 4. The highest BCUT2D eigenvalue weighted by molar-refractivity contribution is 6.31. The van der Waals surface area contributed by atoms with E-state index in [0.717, 1.165) is 12.8 Å². The first-order chi connectivity index (χ1) is 10.5. The van der Waals surface area contributed by atoms with Crippen LogP contribution in [0.1, 0.15) is 30.3 Å². The minimum atomic E-state index is -0.662. The molecule has 1 amide bonds. The van der Waals surface area contributed by atoms with Crippen LogP contribution in [0.5, 0.6) is 0 Å². The summed E-state index contributed by atoms with van der Waals surface area (Å²) in [5, 5.41) is 3.27. The van der Waals surface area contributed by atoms with E-state index < -0.39 is 12.0 Å². The maximum Gasteiger partial charge on any atom is 0.328 e. The second-order valence-corrected chi connectivity index (χ2v) is 5.74. The van der Waals surface area contributed by atoms with E-state index >= 15 is 0 Å². The van der Waals surface area contributed by atoms with E-state index in [1.165, 1.54) is 0 Å². The Morgan fingerprint density at radius 3 is 2.73 bits per heavy atom. The van der Waals surface area contributed by atoms with Gasteiger partial charge in [0.15, 0.2) is 0 Å². The van der Waals surface area contributed by atoms with E-state index in [1.807, 2.05) is 0 Å². The van der Waals surface area contributed by atoms with Crippen LogP contribution in [0.3, 0.4) is 0 Å². The zero-order valence-corrected chi connectivity index (χ0v) is 13.6. The van der Waals surface area contributed by atoms with Crippen LogP contribution >= 0.6 is 11.6 Å². The lowest BCUT2D eigenvalue weighted by atomic mass is 9.91. The average Bonchev–Trinajstić information content (AvgIpc) is 2.84. The molecule has 122 valence electrons. The molecule has 1 aliphatic rings. The van der Waals surface area contributed by atoms with Gasteiger partial charge in [-0.3, -0.25) is 4.79 Å². The van der Waals surface area contributed by atoms with Crippen molar-refractivity contribution in [3.8, 4) is 0 Å². The number of carbonyl (C=O) groups excluding carboxylic acids is 2. The van der Waals surface area contributed by atoms with Gasteiger partial charge < -0.3 is 19.4 Å². The van der Waals surface area contributed by atoms with Crippen molar-refractivity contribution in [3.63, 3.8) is 0 Å². The van der Waals surface area contributed by atoms with Crippen LogP contribution in [0.2, 0.25) is 5.02 Å². The molecule has 2 heterocycles. The van der Waals surface area contributed by atoms with Gasteiger partial charge in [0.1, 0.15) is 11.7 Å². The minimum Gasteiger partial charge on any atom is -0.464 e. The third-order valence-corrected chi connectivity index (χ3v) is 3.98. The molecule has 0 spiro atoms. The molecule has 1 fully saturated rings. The quantitative estimate of drug-likeness (QED) is 0.836. The van der Waals surface area contributed by atoms with Crippen LogP contribution in [0.25, 0.3) is 0 Å². The molecule has 0 saturated carbocycles. The highest BCUT2D eigenvalue weighted by atomic mass is 35.5. The SMILES string of the molecule is CCOC(=O)C(NC(=O)c1cc(Cl)cn1C)C1CCOCC1. The summed E-state index contributed by atoms with van der Waals surface area (Å²) in [5.41, 5.74) is 0.409. The first-order valence-electron chi connectivity index (χ1n) is 7.40. The molecule has 0 aromatic carbocycles. The predicted molar refractivity (Wildman–Crippen MR) is 81.9 cm³/mol. The molecule has 1 atom stereocenters. The van der Waals surface area contributed by atoms with Gasteiger partial charge in [-0.2, -0.15) is 0 Å². The summed E-state index contributed by atoms with van der Waals surface area (Å²) in [7, 11) is 1.73. The van der Waals surface area contributed by atoms with Crippen LogP contribution in [0, 0.1) is 5.92 Å². The molecule has 7 heteroatoms. The highest BCUT2D eigenvalue weighted by Gasteiger charge is 2.33. The van der Waals surface area contributed by atoms with Gasteiger partial charge in [0.05, 0.1) is 11.6 Å². The Balaban J connectivity index is 2.12. The monoisotopic (exact) mass is 328 g/mol. The molecule has 0 bridgehead atoms. The first-order valence-corrected chi connectivity index (χ1v) is 7.77. The number of halogens is 1. The molecule has 1 saturated heterocycles. The third-order valence-electron chi connectivity index (χ3n) is 3.77. The molecule has 1 aromatic heterocycles.